The zero-order valence-electron chi connectivity index (χ0n) is 20.1. The Labute approximate surface area is 215 Å². The molecule has 0 aliphatic heterocycles. The molecule has 2 N–H and O–H groups in total. The van der Waals surface area contributed by atoms with Crippen molar-refractivity contribution in [2.45, 2.75) is 0 Å². The first kappa shape index (κ1) is 21.8. The second-order valence-electron chi connectivity index (χ2n) is 9.62. The summed E-state index contributed by atoms with van der Waals surface area (Å²) in [7, 11) is -1.46. The largest absolute Gasteiger partial charge is 0.488 e. The molecular formula is C34H23BO2. The van der Waals surface area contributed by atoms with Gasteiger partial charge in [-0.1, -0.05) is 109 Å². The normalized spacial score (nSPS) is 11.5. The molecule has 37 heavy (non-hydrogen) atoms. The lowest BCUT2D eigenvalue weighted by Gasteiger charge is -2.14. The number of hydrogen-bond acceptors (Lipinski definition) is 2. The Kier molecular flexibility index (Phi) is 5.07. The van der Waals surface area contributed by atoms with E-state index in [1.807, 2.05) is 12.1 Å². The summed E-state index contributed by atoms with van der Waals surface area (Å²) in [4.78, 5) is 0. The fourth-order valence-corrected chi connectivity index (χ4v) is 5.53. The number of benzene rings is 7. The van der Waals surface area contributed by atoms with Crippen LogP contribution in [0.5, 0.6) is 0 Å². The lowest BCUT2D eigenvalue weighted by atomic mass is 9.80. The van der Waals surface area contributed by atoms with Crippen LogP contribution in [-0.2, 0) is 0 Å². The predicted octanol–water partition coefficient (Wildman–Crippen LogP) is 7.31. The van der Waals surface area contributed by atoms with Crippen LogP contribution in [0.25, 0.3) is 65.3 Å². The van der Waals surface area contributed by atoms with Gasteiger partial charge < -0.3 is 10.0 Å². The van der Waals surface area contributed by atoms with Crippen molar-refractivity contribution in [1.29, 1.82) is 0 Å². The molecule has 0 heterocycles. The van der Waals surface area contributed by atoms with Crippen molar-refractivity contribution < 1.29 is 10.0 Å². The summed E-state index contributed by atoms with van der Waals surface area (Å²) in [5.74, 6) is 0. The van der Waals surface area contributed by atoms with E-state index in [-0.39, 0.29) is 0 Å². The van der Waals surface area contributed by atoms with Crippen molar-refractivity contribution in [1.82, 2.24) is 0 Å². The van der Waals surface area contributed by atoms with Gasteiger partial charge >= 0.3 is 7.12 Å². The van der Waals surface area contributed by atoms with E-state index in [0.29, 0.717) is 5.46 Å². The molecule has 0 radical (unpaired) electrons. The SMILES string of the molecule is OB(O)c1ccc(-c2ccc3c4ccc(-c5ccc6ccccc6c5)cc4c4ccccc4c3c2)cc1. The third-order valence-corrected chi connectivity index (χ3v) is 7.46. The van der Waals surface area contributed by atoms with Crippen molar-refractivity contribution in [2.75, 3.05) is 0 Å². The maximum atomic E-state index is 9.44. The molecule has 0 amide bonds. The molecule has 7 aromatic rings. The Morgan fingerprint density at radius 1 is 0.351 bits per heavy atom. The zero-order valence-corrected chi connectivity index (χ0v) is 20.1. The Hall–Kier alpha value is -4.44. The summed E-state index contributed by atoms with van der Waals surface area (Å²) in [6.07, 6.45) is 0. The Morgan fingerprint density at radius 2 is 0.811 bits per heavy atom. The molecule has 0 aromatic heterocycles. The Balaban J connectivity index is 1.43. The topological polar surface area (TPSA) is 40.5 Å². The Bertz CT molecular complexity index is 1940. The van der Waals surface area contributed by atoms with E-state index >= 15 is 0 Å². The molecule has 0 atom stereocenters. The van der Waals surface area contributed by atoms with Crippen LogP contribution >= 0.6 is 0 Å². The minimum absolute atomic E-state index is 0.489. The summed E-state index contributed by atoms with van der Waals surface area (Å²) in [5.41, 5.74) is 5.07. The molecule has 0 aliphatic carbocycles. The first-order chi connectivity index (χ1) is 18.2. The van der Waals surface area contributed by atoms with Crippen molar-refractivity contribution in [3.8, 4) is 22.3 Å². The highest BCUT2D eigenvalue weighted by Crippen LogP contribution is 2.39. The van der Waals surface area contributed by atoms with Crippen molar-refractivity contribution in [2.24, 2.45) is 0 Å². The highest BCUT2D eigenvalue weighted by Gasteiger charge is 2.13. The molecule has 0 aliphatic rings. The molecule has 3 heteroatoms. The van der Waals surface area contributed by atoms with E-state index in [1.165, 1.54) is 54.2 Å². The van der Waals surface area contributed by atoms with Crippen LogP contribution < -0.4 is 5.46 Å². The zero-order chi connectivity index (χ0) is 24.9. The van der Waals surface area contributed by atoms with E-state index < -0.39 is 7.12 Å². The monoisotopic (exact) mass is 474 g/mol. The quantitative estimate of drug-likeness (QED) is 0.208. The smallest absolute Gasteiger partial charge is 0.423 e. The lowest BCUT2D eigenvalue weighted by Crippen LogP contribution is -2.29. The van der Waals surface area contributed by atoms with Crippen LogP contribution in [0.4, 0.5) is 0 Å². The van der Waals surface area contributed by atoms with Gasteiger partial charge in [-0.3, -0.25) is 0 Å². The first-order valence-electron chi connectivity index (χ1n) is 12.5. The van der Waals surface area contributed by atoms with Gasteiger partial charge in [-0.2, -0.15) is 0 Å². The molecule has 0 spiro atoms. The maximum Gasteiger partial charge on any atom is 0.488 e. The minimum atomic E-state index is -1.46. The standard InChI is InChI=1S/C34H23BO2/c36-35(37)28-15-11-23(12-16-28)26-13-17-31-32-18-14-27(25-10-9-22-5-1-2-6-24(22)19-25)21-34(32)30-8-4-3-7-29(30)33(31)20-26/h1-21,36-37H. The molecule has 0 bridgehead atoms. The summed E-state index contributed by atoms with van der Waals surface area (Å²) < 4.78 is 0. The Morgan fingerprint density at radius 3 is 1.43 bits per heavy atom. The van der Waals surface area contributed by atoms with Gasteiger partial charge in [0.05, 0.1) is 0 Å². The molecular weight excluding hydrogens is 451 g/mol. The molecule has 2 nitrogen and oxygen atoms in total. The van der Waals surface area contributed by atoms with Crippen molar-refractivity contribution in [3.05, 3.63) is 127 Å². The third-order valence-electron chi connectivity index (χ3n) is 7.46. The number of fused-ring (bicyclic) bond motifs is 7. The first-order valence-corrected chi connectivity index (χ1v) is 12.5. The number of rotatable bonds is 3. The summed E-state index contributed by atoms with van der Waals surface area (Å²) in [5, 5.41) is 28.8. The molecule has 0 saturated heterocycles. The second kappa shape index (κ2) is 8.60. The lowest BCUT2D eigenvalue weighted by molar-refractivity contribution is 0.426. The van der Waals surface area contributed by atoms with E-state index in [2.05, 4.69) is 103 Å². The molecule has 7 rings (SSSR count). The van der Waals surface area contributed by atoms with E-state index in [4.69, 9.17) is 0 Å². The van der Waals surface area contributed by atoms with Crippen LogP contribution in [0, 0.1) is 0 Å². The van der Waals surface area contributed by atoms with E-state index in [9.17, 15) is 10.0 Å². The van der Waals surface area contributed by atoms with Crippen LogP contribution in [-0.4, -0.2) is 17.2 Å². The van der Waals surface area contributed by atoms with Gasteiger partial charge in [0.15, 0.2) is 0 Å². The van der Waals surface area contributed by atoms with Gasteiger partial charge in [0.2, 0.25) is 0 Å². The predicted molar refractivity (Wildman–Crippen MR) is 157 cm³/mol. The van der Waals surface area contributed by atoms with Gasteiger partial charge in [-0.25, -0.2) is 0 Å². The summed E-state index contributed by atoms with van der Waals surface area (Å²) >= 11 is 0. The second-order valence-corrected chi connectivity index (χ2v) is 9.62. The van der Waals surface area contributed by atoms with Crippen LogP contribution in [0.15, 0.2) is 127 Å². The minimum Gasteiger partial charge on any atom is -0.423 e. The fourth-order valence-electron chi connectivity index (χ4n) is 5.53. The number of hydrogen-bond donors (Lipinski definition) is 2. The summed E-state index contributed by atoms with van der Waals surface area (Å²) in [6, 6.07) is 44.6. The average molecular weight is 474 g/mol. The molecule has 0 saturated carbocycles. The van der Waals surface area contributed by atoms with Crippen LogP contribution in [0.1, 0.15) is 0 Å². The van der Waals surface area contributed by atoms with Gasteiger partial charge in [-0.05, 0) is 89.0 Å². The van der Waals surface area contributed by atoms with Gasteiger partial charge in [0.1, 0.15) is 0 Å². The van der Waals surface area contributed by atoms with Crippen LogP contribution in [0.3, 0.4) is 0 Å². The molecule has 174 valence electrons. The van der Waals surface area contributed by atoms with Gasteiger partial charge in [-0.15, -0.1) is 0 Å². The summed E-state index contributed by atoms with van der Waals surface area (Å²) in [6.45, 7) is 0. The molecule has 7 aromatic carbocycles. The molecule has 0 unspecified atom stereocenters. The highest BCUT2D eigenvalue weighted by molar-refractivity contribution is 6.58. The van der Waals surface area contributed by atoms with E-state index in [1.54, 1.807) is 12.1 Å². The average Bonchev–Trinajstić information content (AvgIpc) is 2.96. The van der Waals surface area contributed by atoms with E-state index in [0.717, 1.165) is 11.1 Å². The van der Waals surface area contributed by atoms with Gasteiger partial charge in [0.25, 0.3) is 0 Å². The van der Waals surface area contributed by atoms with Crippen molar-refractivity contribution in [3.63, 3.8) is 0 Å². The van der Waals surface area contributed by atoms with Gasteiger partial charge in [0, 0.05) is 0 Å². The van der Waals surface area contributed by atoms with Crippen LogP contribution in [0.2, 0.25) is 0 Å². The van der Waals surface area contributed by atoms with Crippen molar-refractivity contribution >= 4 is 55.7 Å². The fraction of sp³-hybridized carbons (Fsp3) is 0. The highest BCUT2D eigenvalue weighted by atomic mass is 16.4. The maximum absolute atomic E-state index is 9.44. The molecule has 0 fully saturated rings. The third kappa shape index (κ3) is 3.68.